The molecule has 104 valence electrons. The standard InChI is InChI=1S/C15H19BrClNO/c1-2-10-5-3-4-6-14(10)18-15(19)12-8-7-11(17)9-13(12)16/h7-10,14H,2-6H2,1H3,(H,18,19). The van der Waals surface area contributed by atoms with Gasteiger partial charge >= 0.3 is 0 Å². The highest BCUT2D eigenvalue weighted by Gasteiger charge is 2.25. The minimum atomic E-state index is -0.00566. The molecule has 1 aliphatic carbocycles. The smallest absolute Gasteiger partial charge is 0.252 e. The van der Waals surface area contributed by atoms with Crippen LogP contribution in [0.5, 0.6) is 0 Å². The number of nitrogens with one attached hydrogen (secondary N) is 1. The van der Waals surface area contributed by atoms with Gasteiger partial charge in [0.1, 0.15) is 0 Å². The Morgan fingerprint density at radius 2 is 2.16 bits per heavy atom. The maximum atomic E-state index is 12.3. The number of carbonyl (C=O) groups is 1. The van der Waals surface area contributed by atoms with Crippen molar-refractivity contribution in [3.8, 4) is 0 Å². The normalized spacial score (nSPS) is 23.1. The Hall–Kier alpha value is -0.540. The fourth-order valence-electron chi connectivity index (χ4n) is 2.81. The second kappa shape index (κ2) is 6.76. The average Bonchev–Trinajstić information content (AvgIpc) is 2.39. The molecule has 0 spiro atoms. The van der Waals surface area contributed by atoms with Crippen LogP contribution < -0.4 is 5.32 Å². The molecule has 1 amide bonds. The van der Waals surface area contributed by atoms with Crippen molar-refractivity contribution in [2.75, 3.05) is 0 Å². The van der Waals surface area contributed by atoms with E-state index in [2.05, 4.69) is 28.2 Å². The first-order valence-corrected chi connectivity index (χ1v) is 8.04. The van der Waals surface area contributed by atoms with Crippen molar-refractivity contribution in [2.45, 2.75) is 45.1 Å². The Morgan fingerprint density at radius 1 is 1.42 bits per heavy atom. The molecule has 1 aliphatic rings. The lowest BCUT2D eigenvalue weighted by Gasteiger charge is -2.31. The summed E-state index contributed by atoms with van der Waals surface area (Å²) >= 11 is 9.30. The fourth-order valence-corrected chi connectivity index (χ4v) is 3.67. The third kappa shape index (κ3) is 3.73. The van der Waals surface area contributed by atoms with Gasteiger partial charge in [0.25, 0.3) is 5.91 Å². The molecule has 1 aromatic rings. The molecule has 0 saturated heterocycles. The van der Waals surface area contributed by atoms with Crippen LogP contribution in [0.4, 0.5) is 0 Å². The van der Waals surface area contributed by atoms with Crippen LogP contribution in [0.25, 0.3) is 0 Å². The highest BCUT2D eigenvalue weighted by molar-refractivity contribution is 9.10. The van der Waals surface area contributed by atoms with Crippen LogP contribution in [0.1, 0.15) is 49.4 Å². The Labute approximate surface area is 128 Å². The molecular formula is C15H19BrClNO. The molecule has 1 fully saturated rings. The van der Waals surface area contributed by atoms with Crippen molar-refractivity contribution in [3.63, 3.8) is 0 Å². The summed E-state index contributed by atoms with van der Waals surface area (Å²) in [7, 11) is 0. The topological polar surface area (TPSA) is 29.1 Å². The van der Waals surface area contributed by atoms with E-state index in [1.165, 1.54) is 19.3 Å². The van der Waals surface area contributed by atoms with E-state index in [-0.39, 0.29) is 5.91 Å². The molecule has 19 heavy (non-hydrogen) atoms. The number of benzene rings is 1. The highest BCUT2D eigenvalue weighted by atomic mass is 79.9. The lowest BCUT2D eigenvalue weighted by atomic mass is 9.83. The molecule has 1 aromatic carbocycles. The number of rotatable bonds is 3. The molecule has 4 heteroatoms. The molecule has 0 bridgehead atoms. The van der Waals surface area contributed by atoms with Gasteiger partial charge in [0.2, 0.25) is 0 Å². The lowest BCUT2D eigenvalue weighted by Crippen LogP contribution is -2.42. The van der Waals surface area contributed by atoms with E-state index in [4.69, 9.17) is 11.6 Å². The molecule has 2 atom stereocenters. The van der Waals surface area contributed by atoms with Crippen LogP contribution in [0, 0.1) is 5.92 Å². The van der Waals surface area contributed by atoms with Crippen molar-refractivity contribution in [1.29, 1.82) is 0 Å². The number of hydrogen-bond donors (Lipinski definition) is 1. The molecule has 2 rings (SSSR count). The summed E-state index contributed by atoms with van der Waals surface area (Å²) < 4.78 is 0.751. The zero-order valence-corrected chi connectivity index (χ0v) is 13.4. The van der Waals surface area contributed by atoms with E-state index in [1.807, 2.05) is 0 Å². The van der Waals surface area contributed by atoms with Gasteiger partial charge in [-0.3, -0.25) is 4.79 Å². The lowest BCUT2D eigenvalue weighted by molar-refractivity contribution is 0.0904. The Balaban J connectivity index is 2.07. The minimum Gasteiger partial charge on any atom is -0.349 e. The van der Waals surface area contributed by atoms with E-state index in [0.29, 0.717) is 22.5 Å². The third-order valence-corrected chi connectivity index (χ3v) is 4.82. The maximum absolute atomic E-state index is 12.3. The first kappa shape index (κ1) is 14.9. The molecule has 2 unspecified atom stereocenters. The molecule has 0 aromatic heterocycles. The summed E-state index contributed by atoms with van der Waals surface area (Å²) in [5.41, 5.74) is 0.657. The van der Waals surface area contributed by atoms with Gasteiger partial charge in [-0.1, -0.05) is 37.8 Å². The second-order valence-electron chi connectivity index (χ2n) is 5.16. The first-order valence-electron chi connectivity index (χ1n) is 6.87. The molecule has 0 aliphatic heterocycles. The molecule has 0 heterocycles. The largest absolute Gasteiger partial charge is 0.349 e. The van der Waals surface area contributed by atoms with Crippen molar-refractivity contribution < 1.29 is 4.79 Å². The molecule has 1 N–H and O–H groups in total. The third-order valence-electron chi connectivity index (χ3n) is 3.93. The summed E-state index contributed by atoms with van der Waals surface area (Å²) in [6.07, 6.45) is 5.95. The molecule has 0 radical (unpaired) electrons. The zero-order chi connectivity index (χ0) is 13.8. The summed E-state index contributed by atoms with van der Waals surface area (Å²) in [5, 5.41) is 3.82. The van der Waals surface area contributed by atoms with E-state index in [9.17, 15) is 4.79 Å². The maximum Gasteiger partial charge on any atom is 0.252 e. The van der Waals surface area contributed by atoms with Gasteiger partial charge in [-0.25, -0.2) is 0 Å². The van der Waals surface area contributed by atoms with Gasteiger partial charge < -0.3 is 5.32 Å². The predicted molar refractivity (Wildman–Crippen MR) is 82.7 cm³/mol. The minimum absolute atomic E-state index is 0.00566. The van der Waals surface area contributed by atoms with Crippen molar-refractivity contribution in [1.82, 2.24) is 5.32 Å². The zero-order valence-electron chi connectivity index (χ0n) is 11.1. The van der Waals surface area contributed by atoms with Crippen LogP contribution >= 0.6 is 27.5 Å². The first-order chi connectivity index (χ1) is 9.11. The van der Waals surface area contributed by atoms with Crippen molar-refractivity contribution in [3.05, 3.63) is 33.3 Å². The van der Waals surface area contributed by atoms with Crippen LogP contribution in [0.15, 0.2) is 22.7 Å². The number of hydrogen-bond acceptors (Lipinski definition) is 1. The van der Waals surface area contributed by atoms with Crippen molar-refractivity contribution in [2.24, 2.45) is 5.92 Å². The SMILES string of the molecule is CCC1CCCCC1NC(=O)c1ccc(Cl)cc1Br. The Kier molecular flexibility index (Phi) is 5.28. The predicted octanol–water partition coefficient (Wildman–Crippen LogP) is 4.80. The van der Waals surface area contributed by atoms with E-state index < -0.39 is 0 Å². The second-order valence-corrected chi connectivity index (χ2v) is 6.45. The van der Waals surface area contributed by atoms with Crippen LogP contribution in [-0.2, 0) is 0 Å². The summed E-state index contributed by atoms with van der Waals surface area (Å²) in [4.78, 5) is 12.3. The Morgan fingerprint density at radius 3 is 2.84 bits per heavy atom. The highest BCUT2D eigenvalue weighted by Crippen LogP contribution is 2.28. The summed E-state index contributed by atoms with van der Waals surface area (Å²) in [6, 6.07) is 5.59. The summed E-state index contributed by atoms with van der Waals surface area (Å²) in [5.74, 6) is 0.609. The van der Waals surface area contributed by atoms with E-state index in [1.54, 1.807) is 18.2 Å². The van der Waals surface area contributed by atoms with Crippen LogP contribution in [0.3, 0.4) is 0 Å². The van der Waals surface area contributed by atoms with Gasteiger partial charge in [0, 0.05) is 15.5 Å². The van der Waals surface area contributed by atoms with Gasteiger partial charge in [-0.2, -0.15) is 0 Å². The van der Waals surface area contributed by atoms with Crippen molar-refractivity contribution >= 4 is 33.4 Å². The van der Waals surface area contributed by atoms with Crippen LogP contribution in [0.2, 0.25) is 5.02 Å². The molecule has 2 nitrogen and oxygen atoms in total. The molecule has 1 saturated carbocycles. The number of amides is 1. The van der Waals surface area contributed by atoms with E-state index >= 15 is 0 Å². The average molecular weight is 345 g/mol. The summed E-state index contributed by atoms with van der Waals surface area (Å²) in [6.45, 7) is 2.20. The Bertz CT molecular complexity index is 463. The number of halogens is 2. The van der Waals surface area contributed by atoms with Gasteiger partial charge in [0.15, 0.2) is 0 Å². The van der Waals surface area contributed by atoms with Crippen LogP contribution in [-0.4, -0.2) is 11.9 Å². The van der Waals surface area contributed by atoms with Gasteiger partial charge in [-0.05, 0) is 52.9 Å². The quantitative estimate of drug-likeness (QED) is 0.838. The number of carbonyl (C=O) groups excluding carboxylic acids is 1. The fraction of sp³-hybridized carbons (Fsp3) is 0.533. The van der Waals surface area contributed by atoms with Gasteiger partial charge in [0.05, 0.1) is 5.56 Å². The molecular weight excluding hydrogens is 326 g/mol. The van der Waals surface area contributed by atoms with Gasteiger partial charge in [-0.15, -0.1) is 0 Å². The monoisotopic (exact) mass is 343 g/mol. The van der Waals surface area contributed by atoms with E-state index in [0.717, 1.165) is 17.3 Å².